The number of rotatable bonds is 2. The van der Waals surface area contributed by atoms with Gasteiger partial charge in [0.15, 0.2) is 6.10 Å². The normalized spacial score (nSPS) is 29.5. The van der Waals surface area contributed by atoms with Gasteiger partial charge in [0.25, 0.3) is 5.91 Å². The van der Waals surface area contributed by atoms with Gasteiger partial charge < -0.3 is 21.1 Å². The van der Waals surface area contributed by atoms with E-state index in [4.69, 9.17) is 16.2 Å². The van der Waals surface area contributed by atoms with Crippen LogP contribution in [-0.2, 0) is 4.79 Å². The average Bonchev–Trinajstić information content (AvgIpc) is 2.33. The summed E-state index contributed by atoms with van der Waals surface area (Å²) in [5.74, 6) is 1.21. The molecule has 0 saturated heterocycles. The maximum Gasteiger partial charge on any atom is 0.267 e. The van der Waals surface area contributed by atoms with Crippen molar-refractivity contribution in [1.29, 1.82) is 0 Å². The second-order valence-electron chi connectivity index (χ2n) is 5.53. The van der Waals surface area contributed by atoms with Crippen molar-refractivity contribution in [2.45, 2.75) is 31.9 Å². The smallest absolute Gasteiger partial charge is 0.267 e. The van der Waals surface area contributed by atoms with Gasteiger partial charge in [0.2, 0.25) is 0 Å². The molecule has 4 N–H and O–H groups in total. The number of fused-ring (bicyclic) bond motifs is 1. The molecule has 1 aliphatic carbocycles. The van der Waals surface area contributed by atoms with E-state index in [-0.39, 0.29) is 5.91 Å². The Morgan fingerprint density at radius 1 is 1.42 bits per heavy atom. The van der Waals surface area contributed by atoms with Gasteiger partial charge in [-0.1, -0.05) is 0 Å². The lowest BCUT2D eigenvalue weighted by molar-refractivity contribution is -0.125. The molecule has 1 atom stereocenters. The Kier molecular flexibility index (Phi) is 2.86. The Morgan fingerprint density at radius 2 is 2.16 bits per heavy atom. The molecule has 0 radical (unpaired) electrons. The molecule has 1 aromatic rings. The lowest BCUT2D eigenvalue weighted by Gasteiger charge is -2.39. The van der Waals surface area contributed by atoms with Gasteiger partial charge in [-0.3, -0.25) is 4.79 Å². The summed E-state index contributed by atoms with van der Waals surface area (Å²) in [4.78, 5) is 14.1. The Labute approximate surface area is 112 Å². The van der Waals surface area contributed by atoms with Crippen molar-refractivity contribution in [3.63, 3.8) is 0 Å². The zero-order valence-corrected chi connectivity index (χ0v) is 11.0. The zero-order valence-electron chi connectivity index (χ0n) is 11.0. The summed E-state index contributed by atoms with van der Waals surface area (Å²) in [7, 11) is 0. The van der Waals surface area contributed by atoms with E-state index in [0.717, 1.165) is 24.3 Å². The van der Waals surface area contributed by atoms with Gasteiger partial charge in [0.1, 0.15) is 5.75 Å². The number of nitrogen functional groups attached to an aromatic ring is 1. The number of hydrogen-bond donors (Lipinski definition) is 2. The van der Waals surface area contributed by atoms with Crippen LogP contribution in [0.1, 0.15) is 19.8 Å². The molecule has 102 valence electrons. The van der Waals surface area contributed by atoms with Crippen molar-refractivity contribution in [2.24, 2.45) is 11.7 Å². The van der Waals surface area contributed by atoms with Crippen LogP contribution in [0.3, 0.4) is 0 Å². The van der Waals surface area contributed by atoms with Gasteiger partial charge in [0, 0.05) is 18.3 Å². The van der Waals surface area contributed by atoms with Gasteiger partial charge in [-0.2, -0.15) is 0 Å². The number of benzene rings is 1. The first-order valence-corrected chi connectivity index (χ1v) is 6.67. The van der Waals surface area contributed by atoms with Crippen LogP contribution in [0.15, 0.2) is 18.2 Å². The summed E-state index contributed by atoms with van der Waals surface area (Å²) < 4.78 is 5.61. The third-order valence-corrected chi connectivity index (χ3v) is 3.90. The molecule has 19 heavy (non-hydrogen) atoms. The molecule has 1 amide bonds. The number of anilines is 2. The van der Waals surface area contributed by atoms with Gasteiger partial charge in [0.05, 0.1) is 5.69 Å². The van der Waals surface area contributed by atoms with Crippen molar-refractivity contribution < 1.29 is 9.53 Å². The quantitative estimate of drug-likeness (QED) is 0.782. The molecular weight excluding hydrogens is 242 g/mol. The second-order valence-corrected chi connectivity index (χ2v) is 5.53. The second kappa shape index (κ2) is 4.42. The first-order valence-electron chi connectivity index (χ1n) is 6.67. The Hall–Kier alpha value is -1.75. The van der Waals surface area contributed by atoms with Gasteiger partial charge >= 0.3 is 0 Å². The van der Waals surface area contributed by atoms with E-state index in [1.165, 1.54) is 0 Å². The Morgan fingerprint density at radius 3 is 2.84 bits per heavy atom. The Bertz CT molecular complexity index is 511. The average molecular weight is 261 g/mol. The molecule has 1 fully saturated rings. The first-order chi connectivity index (χ1) is 9.04. The highest BCUT2D eigenvalue weighted by Crippen LogP contribution is 2.38. The fourth-order valence-corrected chi connectivity index (χ4v) is 2.81. The molecule has 0 bridgehead atoms. The van der Waals surface area contributed by atoms with Crippen molar-refractivity contribution in [3.05, 3.63) is 18.2 Å². The van der Waals surface area contributed by atoms with Crippen LogP contribution in [0.25, 0.3) is 0 Å². The van der Waals surface area contributed by atoms with Gasteiger partial charge in [-0.05, 0) is 43.9 Å². The van der Waals surface area contributed by atoms with Crippen LogP contribution in [0.2, 0.25) is 0 Å². The van der Waals surface area contributed by atoms with Crippen molar-refractivity contribution in [3.8, 4) is 5.75 Å². The minimum Gasteiger partial charge on any atom is -0.479 e. The summed E-state index contributed by atoms with van der Waals surface area (Å²) in [6, 6.07) is 5.71. The highest BCUT2D eigenvalue weighted by atomic mass is 16.5. The van der Waals surface area contributed by atoms with E-state index in [2.05, 4.69) is 0 Å². The summed E-state index contributed by atoms with van der Waals surface area (Å²) in [6.07, 6.45) is 1.53. The van der Waals surface area contributed by atoms with Crippen LogP contribution < -0.4 is 21.1 Å². The number of nitrogens with two attached hydrogens (primary N) is 2. The van der Waals surface area contributed by atoms with E-state index in [1.807, 2.05) is 6.07 Å². The van der Waals surface area contributed by atoms with Crippen LogP contribution >= 0.6 is 0 Å². The number of ether oxygens (including phenoxy) is 1. The SMILES string of the molecule is CC1Oc2ccc(N)cc2N(CC2CC(N)C2)C1=O. The van der Waals surface area contributed by atoms with E-state index < -0.39 is 6.10 Å². The van der Waals surface area contributed by atoms with Crippen LogP contribution in [-0.4, -0.2) is 24.6 Å². The van der Waals surface area contributed by atoms with E-state index in [0.29, 0.717) is 24.2 Å². The fraction of sp³-hybridized carbons (Fsp3) is 0.500. The van der Waals surface area contributed by atoms with E-state index in [1.54, 1.807) is 24.0 Å². The van der Waals surface area contributed by atoms with Crippen molar-refractivity contribution in [1.82, 2.24) is 0 Å². The molecule has 0 aromatic heterocycles. The third-order valence-electron chi connectivity index (χ3n) is 3.90. The van der Waals surface area contributed by atoms with E-state index >= 15 is 0 Å². The standard InChI is InChI=1S/C14H19N3O2/c1-8-14(18)17(7-9-4-11(16)5-9)12-6-10(15)2-3-13(12)19-8/h2-3,6,8-9,11H,4-5,7,15-16H2,1H3. The molecule has 1 aromatic carbocycles. The number of amides is 1. The largest absolute Gasteiger partial charge is 0.479 e. The fourth-order valence-electron chi connectivity index (χ4n) is 2.81. The lowest BCUT2D eigenvalue weighted by atomic mass is 9.80. The van der Waals surface area contributed by atoms with Crippen molar-refractivity contribution in [2.75, 3.05) is 17.2 Å². The zero-order chi connectivity index (χ0) is 13.6. The summed E-state index contributed by atoms with van der Waals surface area (Å²) in [6.45, 7) is 2.48. The molecule has 0 spiro atoms. The van der Waals surface area contributed by atoms with E-state index in [9.17, 15) is 4.79 Å². The number of hydrogen-bond acceptors (Lipinski definition) is 4. The predicted molar refractivity (Wildman–Crippen MR) is 74.0 cm³/mol. The minimum atomic E-state index is -0.440. The molecule has 5 nitrogen and oxygen atoms in total. The van der Waals surface area contributed by atoms with Gasteiger partial charge in [-0.25, -0.2) is 0 Å². The first kappa shape index (κ1) is 12.3. The number of carbonyl (C=O) groups excluding carboxylic acids is 1. The van der Waals surface area contributed by atoms with Crippen LogP contribution in [0.5, 0.6) is 5.75 Å². The maximum atomic E-state index is 12.3. The van der Waals surface area contributed by atoms with Crippen molar-refractivity contribution >= 4 is 17.3 Å². The topological polar surface area (TPSA) is 81.6 Å². The highest BCUT2D eigenvalue weighted by Gasteiger charge is 2.36. The number of carbonyl (C=O) groups is 1. The monoisotopic (exact) mass is 261 g/mol. The van der Waals surface area contributed by atoms with Crippen LogP contribution in [0.4, 0.5) is 11.4 Å². The lowest BCUT2D eigenvalue weighted by Crippen LogP contribution is -2.50. The molecule has 1 aliphatic heterocycles. The molecular formula is C14H19N3O2. The molecule has 3 rings (SSSR count). The van der Waals surface area contributed by atoms with Gasteiger partial charge in [-0.15, -0.1) is 0 Å². The highest BCUT2D eigenvalue weighted by molar-refractivity contribution is 6.00. The summed E-state index contributed by atoms with van der Waals surface area (Å²) >= 11 is 0. The molecule has 1 unspecified atom stereocenters. The van der Waals surface area contributed by atoms with Crippen LogP contribution in [0, 0.1) is 5.92 Å². The molecule has 1 saturated carbocycles. The maximum absolute atomic E-state index is 12.3. The molecule has 5 heteroatoms. The molecule has 2 aliphatic rings. The minimum absolute atomic E-state index is 0.00132. The Balaban J connectivity index is 1.88. The predicted octanol–water partition coefficient (Wildman–Crippen LogP) is 1.12. The summed E-state index contributed by atoms with van der Waals surface area (Å²) in [5.41, 5.74) is 13.0. The molecule has 1 heterocycles. The number of nitrogens with zero attached hydrogens (tertiary/aromatic N) is 1. The third kappa shape index (κ3) is 2.14. The summed E-state index contributed by atoms with van der Waals surface area (Å²) in [5, 5.41) is 0.